The quantitative estimate of drug-likeness (QED) is 0.624. The van der Waals surface area contributed by atoms with Gasteiger partial charge in [-0.3, -0.25) is 9.78 Å². The van der Waals surface area contributed by atoms with E-state index < -0.39 is 12.1 Å². The van der Waals surface area contributed by atoms with E-state index in [1.165, 1.54) is 25.5 Å². The number of carboxylic acid groups (broad SMARTS) is 1. The first kappa shape index (κ1) is 16.2. The van der Waals surface area contributed by atoms with Crippen molar-refractivity contribution in [3.05, 3.63) is 59.9 Å². The number of aliphatic carboxylic acids is 1. The predicted molar refractivity (Wildman–Crippen MR) is 83.5 cm³/mol. The number of rotatable bonds is 6. The summed E-state index contributed by atoms with van der Waals surface area (Å²) >= 11 is 0. The summed E-state index contributed by atoms with van der Waals surface area (Å²) in [5, 5.41) is 12.6. The Balaban J connectivity index is 1.90. The molecule has 0 unspecified atom stereocenters. The Kier molecular flexibility index (Phi) is 5.40. The fourth-order valence-electron chi connectivity index (χ4n) is 1.62. The fraction of sp³-hybridized carbons (Fsp3) is 0.125. The van der Waals surface area contributed by atoms with E-state index in [-0.39, 0.29) is 5.91 Å². The number of ether oxygens (including phenoxy) is 1. The van der Waals surface area contributed by atoms with Crippen LogP contribution in [-0.4, -0.2) is 34.3 Å². The van der Waals surface area contributed by atoms with Crippen molar-refractivity contribution >= 4 is 18.1 Å². The van der Waals surface area contributed by atoms with Gasteiger partial charge >= 0.3 is 5.97 Å². The van der Waals surface area contributed by atoms with Crippen molar-refractivity contribution in [2.24, 2.45) is 5.10 Å². The van der Waals surface area contributed by atoms with Gasteiger partial charge in [0.05, 0.1) is 6.21 Å². The zero-order valence-electron chi connectivity index (χ0n) is 12.3. The van der Waals surface area contributed by atoms with Crippen molar-refractivity contribution < 1.29 is 19.4 Å². The number of hydrogen-bond acceptors (Lipinski definition) is 5. The first-order chi connectivity index (χ1) is 11.1. The second-order valence-corrected chi connectivity index (χ2v) is 4.60. The van der Waals surface area contributed by atoms with Crippen LogP contribution in [0.2, 0.25) is 0 Å². The maximum absolute atomic E-state index is 11.7. The summed E-state index contributed by atoms with van der Waals surface area (Å²) in [4.78, 5) is 26.3. The third kappa shape index (κ3) is 4.92. The second kappa shape index (κ2) is 7.69. The number of carbonyl (C=O) groups excluding carboxylic acids is 1. The van der Waals surface area contributed by atoms with E-state index in [1.54, 1.807) is 36.4 Å². The molecular weight excluding hydrogens is 298 g/mol. The Bertz CT molecular complexity index is 699. The highest BCUT2D eigenvalue weighted by Crippen LogP contribution is 2.13. The highest BCUT2D eigenvalue weighted by molar-refractivity contribution is 5.94. The fourth-order valence-corrected chi connectivity index (χ4v) is 1.62. The van der Waals surface area contributed by atoms with Gasteiger partial charge in [-0.2, -0.15) is 5.10 Å². The number of carbonyl (C=O) groups is 2. The van der Waals surface area contributed by atoms with Gasteiger partial charge in [0.25, 0.3) is 5.91 Å². The van der Waals surface area contributed by atoms with E-state index in [4.69, 9.17) is 9.84 Å². The molecule has 1 heterocycles. The van der Waals surface area contributed by atoms with Crippen molar-refractivity contribution in [2.75, 3.05) is 0 Å². The van der Waals surface area contributed by atoms with Crippen molar-refractivity contribution in [1.29, 1.82) is 0 Å². The van der Waals surface area contributed by atoms with E-state index in [0.29, 0.717) is 11.3 Å². The summed E-state index contributed by atoms with van der Waals surface area (Å²) in [6.07, 6.45) is 3.60. The Morgan fingerprint density at radius 2 is 1.87 bits per heavy atom. The lowest BCUT2D eigenvalue weighted by molar-refractivity contribution is -0.144. The van der Waals surface area contributed by atoms with Gasteiger partial charge in [-0.15, -0.1) is 0 Å². The molecule has 1 atom stereocenters. The van der Waals surface area contributed by atoms with Crippen LogP contribution in [0.4, 0.5) is 0 Å². The van der Waals surface area contributed by atoms with Gasteiger partial charge in [0.2, 0.25) is 0 Å². The van der Waals surface area contributed by atoms with Gasteiger partial charge in [0.15, 0.2) is 6.10 Å². The number of carboxylic acids is 1. The lowest BCUT2D eigenvalue weighted by Crippen LogP contribution is -2.22. The molecule has 0 aliphatic carbocycles. The van der Waals surface area contributed by atoms with Gasteiger partial charge in [0, 0.05) is 18.0 Å². The summed E-state index contributed by atoms with van der Waals surface area (Å²) in [7, 11) is 0. The lowest BCUT2D eigenvalue weighted by Gasteiger charge is -2.09. The van der Waals surface area contributed by atoms with Crippen molar-refractivity contribution in [1.82, 2.24) is 10.4 Å². The van der Waals surface area contributed by atoms with E-state index in [0.717, 1.165) is 5.56 Å². The summed E-state index contributed by atoms with van der Waals surface area (Å²) in [6, 6.07) is 9.83. The summed E-state index contributed by atoms with van der Waals surface area (Å²) in [6.45, 7) is 1.45. The molecule has 7 heteroatoms. The number of nitrogens with one attached hydrogen (secondary N) is 1. The van der Waals surface area contributed by atoms with Crippen LogP contribution in [0.3, 0.4) is 0 Å². The molecular formula is C16H15N3O4. The molecule has 0 aliphatic heterocycles. The molecule has 0 spiro atoms. The van der Waals surface area contributed by atoms with E-state index in [2.05, 4.69) is 15.5 Å². The number of aromatic nitrogens is 1. The highest BCUT2D eigenvalue weighted by Gasteiger charge is 2.11. The van der Waals surface area contributed by atoms with E-state index in [1.807, 2.05) is 0 Å². The van der Waals surface area contributed by atoms with Gasteiger partial charge in [-0.1, -0.05) is 0 Å². The maximum atomic E-state index is 11.7. The SMILES string of the molecule is C[C@@H](Oc1ccc(/C=N\NC(=O)c2ccncc2)cc1)C(=O)O. The molecule has 0 fully saturated rings. The highest BCUT2D eigenvalue weighted by atomic mass is 16.5. The largest absolute Gasteiger partial charge is 0.479 e. The van der Waals surface area contributed by atoms with E-state index in [9.17, 15) is 9.59 Å². The molecule has 0 aliphatic rings. The van der Waals surface area contributed by atoms with Gasteiger partial charge in [-0.05, 0) is 48.9 Å². The number of hydrazone groups is 1. The van der Waals surface area contributed by atoms with Crippen LogP contribution < -0.4 is 10.2 Å². The molecule has 0 saturated heterocycles. The molecule has 118 valence electrons. The summed E-state index contributed by atoms with van der Waals surface area (Å²) in [5.74, 6) is -0.925. The maximum Gasteiger partial charge on any atom is 0.344 e. The van der Waals surface area contributed by atoms with Crippen LogP contribution in [0.1, 0.15) is 22.8 Å². The molecule has 1 aromatic heterocycles. The molecule has 7 nitrogen and oxygen atoms in total. The van der Waals surface area contributed by atoms with Crippen molar-refractivity contribution in [3.63, 3.8) is 0 Å². The molecule has 2 N–H and O–H groups in total. The standard InChI is InChI=1S/C16H15N3O4/c1-11(16(21)22)23-14-4-2-12(3-5-14)10-18-19-15(20)13-6-8-17-9-7-13/h2-11H,1H3,(H,19,20)(H,21,22)/b18-10-/t11-/m1/s1. The molecule has 0 radical (unpaired) electrons. The minimum absolute atomic E-state index is 0.334. The molecule has 0 bridgehead atoms. The number of pyridine rings is 1. The minimum atomic E-state index is -1.03. The number of benzene rings is 1. The molecule has 2 aromatic rings. The third-order valence-electron chi connectivity index (χ3n) is 2.86. The molecule has 23 heavy (non-hydrogen) atoms. The number of amides is 1. The number of nitrogens with zero attached hydrogens (tertiary/aromatic N) is 2. The average molecular weight is 313 g/mol. The van der Waals surface area contributed by atoms with Crippen LogP contribution in [0.5, 0.6) is 5.75 Å². The number of hydrogen-bond donors (Lipinski definition) is 2. The molecule has 2 rings (SSSR count). The minimum Gasteiger partial charge on any atom is -0.479 e. The smallest absolute Gasteiger partial charge is 0.344 e. The first-order valence-corrected chi connectivity index (χ1v) is 6.79. The van der Waals surface area contributed by atoms with Crippen molar-refractivity contribution in [3.8, 4) is 5.75 Å². The van der Waals surface area contributed by atoms with Crippen LogP contribution in [-0.2, 0) is 4.79 Å². The lowest BCUT2D eigenvalue weighted by atomic mass is 10.2. The Morgan fingerprint density at radius 3 is 2.48 bits per heavy atom. The molecule has 1 aromatic carbocycles. The first-order valence-electron chi connectivity index (χ1n) is 6.79. The third-order valence-corrected chi connectivity index (χ3v) is 2.86. The van der Waals surface area contributed by atoms with Crippen LogP contribution in [0, 0.1) is 0 Å². The van der Waals surface area contributed by atoms with E-state index >= 15 is 0 Å². The second-order valence-electron chi connectivity index (χ2n) is 4.60. The average Bonchev–Trinajstić information content (AvgIpc) is 2.57. The Morgan fingerprint density at radius 1 is 1.22 bits per heavy atom. The Hall–Kier alpha value is -3.22. The summed E-state index contributed by atoms with van der Waals surface area (Å²) in [5.41, 5.74) is 3.60. The monoisotopic (exact) mass is 313 g/mol. The van der Waals surface area contributed by atoms with Crippen LogP contribution >= 0.6 is 0 Å². The normalized spacial score (nSPS) is 11.9. The summed E-state index contributed by atoms with van der Waals surface area (Å²) < 4.78 is 5.21. The van der Waals surface area contributed by atoms with Crippen LogP contribution in [0.25, 0.3) is 0 Å². The van der Waals surface area contributed by atoms with Crippen LogP contribution in [0.15, 0.2) is 53.9 Å². The van der Waals surface area contributed by atoms with Gasteiger partial charge < -0.3 is 9.84 Å². The Labute approximate surface area is 132 Å². The topological polar surface area (TPSA) is 101 Å². The van der Waals surface area contributed by atoms with Gasteiger partial charge in [-0.25, -0.2) is 10.2 Å². The zero-order chi connectivity index (χ0) is 16.7. The molecule has 1 amide bonds. The zero-order valence-corrected chi connectivity index (χ0v) is 12.3. The predicted octanol–water partition coefficient (Wildman–Crippen LogP) is 1.70. The van der Waals surface area contributed by atoms with Crippen molar-refractivity contribution in [2.45, 2.75) is 13.0 Å². The molecule has 0 saturated carbocycles. The van der Waals surface area contributed by atoms with Gasteiger partial charge in [0.1, 0.15) is 5.75 Å².